The highest BCUT2D eigenvalue weighted by atomic mass is 32.3. The molecule has 0 bridgehead atoms. The Morgan fingerprint density at radius 3 is 2.33 bits per heavy atom. The van der Waals surface area contributed by atoms with E-state index in [-0.39, 0.29) is 28.2 Å². The van der Waals surface area contributed by atoms with Crippen LogP contribution in [0.4, 0.5) is 0 Å². The lowest BCUT2D eigenvalue weighted by molar-refractivity contribution is -0.0748. The van der Waals surface area contributed by atoms with E-state index in [2.05, 4.69) is 54.2 Å². The molecule has 2 N–H and O–H groups in total. The van der Waals surface area contributed by atoms with Crippen LogP contribution in [0.15, 0.2) is 42.0 Å². The molecule has 0 radical (unpaired) electrons. The number of benzene rings is 1. The van der Waals surface area contributed by atoms with Gasteiger partial charge in [0.1, 0.15) is 11.5 Å². The molecule has 0 amide bonds. The lowest BCUT2D eigenvalue weighted by Crippen LogP contribution is -2.51. The van der Waals surface area contributed by atoms with Gasteiger partial charge in [0.2, 0.25) is 0 Å². The Kier molecular flexibility index (Phi) is 8.27. The van der Waals surface area contributed by atoms with Crippen LogP contribution in [0.5, 0.6) is 11.5 Å². The second-order valence-corrected chi connectivity index (χ2v) is 17.0. The minimum absolute atomic E-state index is 0.0170. The van der Waals surface area contributed by atoms with Crippen molar-refractivity contribution in [2.45, 2.75) is 119 Å². The fraction of sp³-hybridized carbons (Fsp3) is 0.722. The molecule has 0 heterocycles. The summed E-state index contributed by atoms with van der Waals surface area (Å²) in [6.45, 7) is 19.5. The van der Waals surface area contributed by atoms with E-state index < -0.39 is 10.4 Å². The van der Waals surface area contributed by atoms with E-state index in [1.807, 2.05) is 0 Å². The summed E-state index contributed by atoms with van der Waals surface area (Å²) in [6, 6.07) is 4.39. The Hall–Kier alpha value is -1.79. The van der Waals surface area contributed by atoms with Crippen LogP contribution < -0.4 is 4.18 Å². The number of hydrogen-bond donors (Lipinski definition) is 2. The minimum atomic E-state index is -4.63. The molecule has 1 aromatic carbocycles. The summed E-state index contributed by atoms with van der Waals surface area (Å²) < 4.78 is 36.6. The molecule has 5 nitrogen and oxygen atoms in total. The number of aromatic hydroxyl groups is 1. The smallest absolute Gasteiger partial charge is 0.446 e. The summed E-state index contributed by atoms with van der Waals surface area (Å²) in [4.78, 5) is 0. The van der Waals surface area contributed by atoms with Crippen LogP contribution in [0.3, 0.4) is 0 Å². The molecule has 7 unspecified atom stereocenters. The van der Waals surface area contributed by atoms with E-state index >= 15 is 0 Å². The molecule has 234 valence electrons. The highest BCUT2D eigenvalue weighted by Gasteiger charge is 2.56. The van der Waals surface area contributed by atoms with Crippen LogP contribution in [-0.4, -0.2) is 18.1 Å². The highest BCUT2D eigenvalue weighted by molar-refractivity contribution is 7.81. The van der Waals surface area contributed by atoms with Gasteiger partial charge in [-0.15, -0.1) is 0 Å². The van der Waals surface area contributed by atoms with Crippen LogP contribution in [0.1, 0.15) is 118 Å². The average molecular weight is 599 g/mol. The first-order valence-corrected chi connectivity index (χ1v) is 17.7. The average Bonchev–Trinajstić information content (AvgIpc) is 2.86. The van der Waals surface area contributed by atoms with E-state index in [9.17, 15) is 18.1 Å². The maximum atomic E-state index is 11.3. The van der Waals surface area contributed by atoms with Gasteiger partial charge in [-0.05, 0) is 140 Å². The van der Waals surface area contributed by atoms with Gasteiger partial charge in [-0.2, -0.15) is 8.42 Å². The van der Waals surface area contributed by atoms with Gasteiger partial charge < -0.3 is 9.29 Å². The Labute approximate surface area is 255 Å². The Bertz CT molecular complexity index is 1340. The van der Waals surface area contributed by atoms with Crippen molar-refractivity contribution >= 4 is 10.4 Å². The van der Waals surface area contributed by atoms with Gasteiger partial charge in [-0.3, -0.25) is 4.55 Å². The van der Waals surface area contributed by atoms with Crippen molar-refractivity contribution in [2.24, 2.45) is 45.3 Å². The molecule has 5 rings (SSSR count). The van der Waals surface area contributed by atoms with Crippen molar-refractivity contribution in [1.82, 2.24) is 0 Å². The Morgan fingerprint density at radius 2 is 1.64 bits per heavy atom. The molecule has 3 fully saturated rings. The van der Waals surface area contributed by atoms with Gasteiger partial charge in [0.25, 0.3) is 0 Å². The van der Waals surface area contributed by atoms with Crippen LogP contribution in [0, 0.1) is 45.3 Å². The summed E-state index contributed by atoms with van der Waals surface area (Å²) in [5.41, 5.74) is 4.56. The second kappa shape index (κ2) is 11.0. The molecule has 6 heteroatoms. The monoisotopic (exact) mass is 598 g/mol. The quantitative estimate of drug-likeness (QED) is 0.241. The summed E-state index contributed by atoms with van der Waals surface area (Å²) in [5, 5.41) is 10.7. The third-order valence-electron chi connectivity index (χ3n) is 13.1. The van der Waals surface area contributed by atoms with Crippen LogP contribution >= 0.6 is 0 Å². The zero-order valence-electron chi connectivity index (χ0n) is 26.8. The molecular formula is C36H54O5S. The summed E-state index contributed by atoms with van der Waals surface area (Å²) in [7, 11) is -4.63. The van der Waals surface area contributed by atoms with Gasteiger partial charge in [-0.1, -0.05) is 71.3 Å². The van der Waals surface area contributed by atoms with E-state index in [0.717, 1.165) is 18.8 Å². The van der Waals surface area contributed by atoms with Gasteiger partial charge in [-0.25, -0.2) is 0 Å². The topological polar surface area (TPSA) is 83.8 Å². The summed E-state index contributed by atoms with van der Waals surface area (Å²) in [6.07, 6.45) is 16.7. The summed E-state index contributed by atoms with van der Waals surface area (Å²) in [5.74, 6) is 2.28. The number of rotatable bonds is 7. The summed E-state index contributed by atoms with van der Waals surface area (Å²) >= 11 is 0. The Balaban J connectivity index is 1.39. The third-order valence-corrected chi connectivity index (χ3v) is 13.5. The number of phenolic OH excluding ortho intramolecular Hbond substituents is 1. The number of fused-ring (bicyclic) bond motifs is 2. The molecule has 7 atom stereocenters. The third kappa shape index (κ3) is 5.72. The predicted octanol–water partition coefficient (Wildman–Crippen LogP) is 9.47. The molecule has 1 aromatic rings. The molecule has 42 heavy (non-hydrogen) atoms. The second-order valence-electron chi connectivity index (χ2n) is 16.0. The standard InChI is InChI=1S/C36H54O5S/c1-24-10-14-31-33(3,4)17-8-19-35(31,6)28(24)16-21-34(5)18-9-20-36(7)29(25(2)11-15-32(34)36)23-26-22-27(12-13-30(26)37)41-42(38,39)40/h11-13,22,28-29,31-32,37H,1,8-10,14-21,23H2,2-7H3,(H,38,39,40). The maximum absolute atomic E-state index is 11.3. The Morgan fingerprint density at radius 1 is 0.976 bits per heavy atom. The lowest BCUT2D eigenvalue weighted by atomic mass is 9.45. The van der Waals surface area contributed by atoms with E-state index in [1.165, 1.54) is 81.1 Å². The normalized spacial score (nSPS) is 38.3. The number of phenols is 1. The van der Waals surface area contributed by atoms with Crippen LogP contribution in [0.25, 0.3) is 0 Å². The number of allylic oxidation sites excluding steroid dienone is 3. The predicted molar refractivity (Wildman–Crippen MR) is 170 cm³/mol. The maximum Gasteiger partial charge on any atom is 0.446 e. The molecule has 0 aromatic heterocycles. The van der Waals surface area contributed by atoms with E-state index in [1.54, 1.807) is 6.07 Å². The van der Waals surface area contributed by atoms with Crippen molar-refractivity contribution in [3.63, 3.8) is 0 Å². The molecule has 4 aliphatic rings. The number of hydrogen-bond acceptors (Lipinski definition) is 4. The largest absolute Gasteiger partial charge is 0.508 e. The molecule has 4 aliphatic carbocycles. The van der Waals surface area contributed by atoms with Gasteiger partial charge >= 0.3 is 10.4 Å². The van der Waals surface area contributed by atoms with E-state index in [0.29, 0.717) is 34.7 Å². The van der Waals surface area contributed by atoms with Crippen molar-refractivity contribution in [3.05, 3.63) is 47.6 Å². The SMILES string of the molecule is C=C1CCC2C(C)(C)CCCC2(C)C1CCC1(C)CCCC2(C)C(Cc3cc(OS(=O)(=O)O)ccc3O)C(C)=CCC12. The molecular weight excluding hydrogens is 544 g/mol. The molecule has 0 saturated heterocycles. The first-order valence-electron chi connectivity index (χ1n) is 16.3. The van der Waals surface area contributed by atoms with Gasteiger partial charge in [0.05, 0.1) is 0 Å². The van der Waals surface area contributed by atoms with E-state index in [4.69, 9.17) is 4.18 Å². The van der Waals surface area contributed by atoms with Crippen molar-refractivity contribution < 1.29 is 22.3 Å². The fourth-order valence-electron chi connectivity index (χ4n) is 11.0. The lowest BCUT2D eigenvalue weighted by Gasteiger charge is -2.60. The molecule has 0 aliphatic heterocycles. The van der Waals surface area contributed by atoms with Crippen molar-refractivity contribution in [1.29, 1.82) is 0 Å². The van der Waals surface area contributed by atoms with Crippen LogP contribution in [0.2, 0.25) is 0 Å². The van der Waals surface area contributed by atoms with Crippen LogP contribution in [-0.2, 0) is 16.8 Å². The first kappa shape index (κ1) is 31.6. The van der Waals surface area contributed by atoms with Gasteiger partial charge in [0.15, 0.2) is 0 Å². The zero-order valence-corrected chi connectivity index (χ0v) is 27.7. The molecule has 3 saturated carbocycles. The van der Waals surface area contributed by atoms with Crippen molar-refractivity contribution in [2.75, 3.05) is 0 Å². The highest BCUT2D eigenvalue weighted by Crippen LogP contribution is 2.65. The van der Waals surface area contributed by atoms with Gasteiger partial charge in [0, 0.05) is 0 Å². The fourth-order valence-corrected chi connectivity index (χ4v) is 11.4. The minimum Gasteiger partial charge on any atom is -0.508 e. The molecule has 0 spiro atoms. The first-order chi connectivity index (χ1) is 19.5. The zero-order chi connectivity index (χ0) is 30.7. The van der Waals surface area contributed by atoms with Crippen molar-refractivity contribution in [3.8, 4) is 11.5 Å².